The number of aliphatic hydroxyl groups is 5. The predicted octanol–water partition coefficient (Wildman–Crippen LogP) is 2.34. The summed E-state index contributed by atoms with van der Waals surface area (Å²) in [6.07, 6.45) is 1.31. The van der Waals surface area contributed by atoms with Crippen molar-refractivity contribution in [3.8, 4) is 0 Å². The monoisotopic (exact) mass is 580 g/mol. The smallest absolute Gasteiger partial charge is 0.186 e. The highest BCUT2D eigenvalue weighted by Crippen LogP contribution is 2.72. The van der Waals surface area contributed by atoms with Crippen molar-refractivity contribution < 1.29 is 44.5 Å². The molecule has 9 nitrogen and oxygen atoms in total. The van der Waals surface area contributed by atoms with Crippen molar-refractivity contribution >= 4 is 0 Å². The second-order valence-electron chi connectivity index (χ2n) is 15.7. The van der Waals surface area contributed by atoms with Gasteiger partial charge in [0.1, 0.15) is 18.3 Å². The van der Waals surface area contributed by atoms with Crippen molar-refractivity contribution in [3.63, 3.8) is 0 Å². The summed E-state index contributed by atoms with van der Waals surface area (Å²) in [5.41, 5.74) is -1.60. The van der Waals surface area contributed by atoms with Gasteiger partial charge in [-0.15, -0.1) is 0 Å². The molecule has 4 saturated carbocycles. The van der Waals surface area contributed by atoms with Crippen LogP contribution in [0.3, 0.4) is 0 Å². The van der Waals surface area contributed by atoms with E-state index < -0.39 is 53.6 Å². The minimum absolute atomic E-state index is 0.138. The van der Waals surface area contributed by atoms with Crippen molar-refractivity contribution in [2.75, 3.05) is 13.2 Å². The van der Waals surface area contributed by atoms with Gasteiger partial charge in [-0.2, -0.15) is 0 Å². The molecule has 7 aliphatic rings. The van der Waals surface area contributed by atoms with Crippen LogP contribution < -0.4 is 0 Å². The van der Waals surface area contributed by atoms with Gasteiger partial charge in [-0.25, -0.2) is 0 Å². The van der Waals surface area contributed by atoms with Crippen molar-refractivity contribution in [3.05, 3.63) is 0 Å². The Morgan fingerprint density at radius 3 is 2.37 bits per heavy atom. The van der Waals surface area contributed by atoms with Gasteiger partial charge in [-0.05, 0) is 73.5 Å². The van der Waals surface area contributed by atoms with Gasteiger partial charge in [0.15, 0.2) is 12.1 Å². The third-order valence-electron chi connectivity index (χ3n) is 13.9. The van der Waals surface area contributed by atoms with Crippen LogP contribution in [0.5, 0.6) is 0 Å². The van der Waals surface area contributed by atoms with Gasteiger partial charge in [0, 0.05) is 30.6 Å². The standard InChI is InChI=1S/C32H52O9/c1-16-5-10-32(39-14-16)17(2)25-23(41-32)12-21-19-6-9-31(37)13-18(40-28-27(36)26(35)22(33)15-38-28)11-24(34)30(31,4)20(19)7-8-29(21,25)3/h16-28,33-37H,5-15H2,1-4H3/t16?,17-,18?,19+,20-,21-,22-,23-,24?,25-,26-,27+,28-,29-,30-,31?,32+/m0/s1. The summed E-state index contributed by atoms with van der Waals surface area (Å²) < 4.78 is 24.9. The van der Waals surface area contributed by atoms with Gasteiger partial charge in [0.2, 0.25) is 0 Å². The van der Waals surface area contributed by atoms with E-state index in [1.807, 2.05) is 0 Å². The number of aliphatic hydroxyl groups excluding tert-OH is 4. The minimum atomic E-state index is -1.39. The molecule has 3 saturated heterocycles. The Balaban J connectivity index is 1.08. The molecule has 4 aliphatic carbocycles. The van der Waals surface area contributed by atoms with Crippen molar-refractivity contribution in [2.45, 2.75) is 140 Å². The van der Waals surface area contributed by atoms with E-state index in [1.165, 1.54) is 0 Å². The number of hydrogen-bond acceptors (Lipinski definition) is 9. The fourth-order valence-corrected chi connectivity index (χ4v) is 11.5. The zero-order valence-electron chi connectivity index (χ0n) is 25.2. The summed E-state index contributed by atoms with van der Waals surface area (Å²) in [5, 5.41) is 54.3. The summed E-state index contributed by atoms with van der Waals surface area (Å²) >= 11 is 0. The minimum Gasteiger partial charge on any atom is -0.392 e. The lowest BCUT2D eigenvalue weighted by Gasteiger charge is -2.65. The molecule has 4 unspecified atom stereocenters. The Kier molecular flexibility index (Phi) is 7.03. The molecule has 5 N–H and O–H groups in total. The van der Waals surface area contributed by atoms with E-state index in [0.717, 1.165) is 45.1 Å². The molecule has 234 valence electrons. The largest absolute Gasteiger partial charge is 0.392 e. The average Bonchev–Trinajstić information content (AvgIpc) is 3.37. The normalized spacial score (nSPS) is 62.1. The Bertz CT molecular complexity index is 1000. The van der Waals surface area contributed by atoms with E-state index in [9.17, 15) is 25.5 Å². The van der Waals surface area contributed by atoms with Gasteiger partial charge in [-0.1, -0.05) is 27.7 Å². The fourth-order valence-electron chi connectivity index (χ4n) is 11.5. The van der Waals surface area contributed by atoms with Gasteiger partial charge in [-0.3, -0.25) is 0 Å². The molecule has 0 aromatic carbocycles. The van der Waals surface area contributed by atoms with Gasteiger partial charge in [0.25, 0.3) is 0 Å². The quantitative estimate of drug-likeness (QED) is 0.312. The molecule has 0 aromatic heterocycles. The number of hydrogen-bond donors (Lipinski definition) is 5. The highest BCUT2D eigenvalue weighted by Gasteiger charge is 2.72. The number of ether oxygens (including phenoxy) is 4. The topological polar surface area (TPSA) is 138 Å². The van der Waals surface area contributed by atoms with Crippen LogP contribution in [0, 0.1) is 46.3 Å². The Hall–Kier alpha value is -0.360. The van der Waals surface area contributed by atoms with E-state index in [4.69, 9.17) is 18.9 Å². The van der Waals surface area contributed by atoms with Crippen molar-refractivity contribution in [1.82, 2.24) is 0 Å². The van der Waals surface area contributed by atoms with Crippen LogP contribution in [0.4, 0.5) is 0 Å². The Morgan fingerprint density at radius 2 is 1.63 bits per heavy atom. The zero-order chi connectivity index (χ0) is 29.1. The van der Waals surface area contributed by atoms with Crippen LogP contribution in [-0.2, 0) is 18.9 Å². The number of rotatable bonds is 2. The van der Waals surface area contributed by atoms with Crippen LogP contribution in [-0.4, -0.2) is 93.0 Å². The molecule has 1 spiro atoms. The summed E-state index contributed by atoms with van der Waals surface area (Å²) in [6.45, 7) is 9.85. The van der Waals surface area contributed by atoms with Crippen LogP contribution in [0.2, 0.25) is 0 Å². The van der Waals surface area contributed by atoms with Crippen LogP contribution in [0.15, 0.2) is 0 Å². The van der Waals surface area contributed by atoms with Crippen LogP contribution in [0.1, 0.15) is 85.5 Å². The molecule has 3 heterocycles. The summed E-state index contributed by atoms with van der Waals surface area (Å²) in [5.74, 6) is 2.13. The lowest BCUT2D eigenvalue weighted by Crippen LogP contribution is -2.68. The maximum absolute atomic E-state index is 12.2. The SMILES string of the molecule is CC1CC[C@@]2(OC1)O[C@H]1C[C@H]3[C@@H]4CCC5(O)CC(O[C@@H]6OC[C@H](O)[C@H](O)[C@H]6O)CC(O)[C@]5(C)[C@H]4CC[C@]3(C)[C@H]1[C@@H]2C. The summed E-state index contributed by atoms with van der Waals surface area (Å²) in [6, 6.07) is 0. The van der Waals surface area contributed by atoms with Gasteiger partial charge >= 0.3 is 0 Å². The number of fused-ring (bicyclic) bond motifs is 7. The zero-order valence-corrected chi connectivity index (χ0v) is 25.2. The predicted molar refractivity (Wildman–Crippen MR) is 147 cm³/mol. The molecule has 0 amide bonds. The van der Waals surface area contributed by atoms with E-state index in [-0.39, 0.29) is 24.0 Å². The van der Waals surface area contributed by atoms with E-state index in [2.05, 4.69) is 27.7 Å². The fraction of sp³-hybridized carbons (Fsp3) is 1.00. The van der Waals surface area contributed by atoms with Gasteiger partial charge < -0.3 is 44.5 Å². The molecule has 17 atom stereocenters. The molecule has 7 rings (SSSR count). The molecule has 3 aliphatic heterocycles. The highest BCUT2D eigenvalue weighted by molar-refractivity contribution is 5.19. The summed E-state index contributed by atoms with van der Waals surface area (Å²) in [7, 11) is 0. The van der Waals surface area contributed by atoms with Crippen molar-refractivity contribution in [1.29, 1.82) is 0 Å². The second-order valence-corrected chi connectivity index (χ2v) is 15.7. The molecular weight excluding hydrogens is 528 g/mol. The third kappa shape index (κ3) is 4.06. The first-order valence-electron chi connectivity index (χ1n) is 16.4. The van der Waals surface area contributed by atoms with E-state index in [0.29, 0.717) is 48.9 Å². The van der Waals surface area contributed by atoms with E-state index in [1.54, 1.807) is 0 Å². The second kappa shape index (κ2) is 9.82. The summed E-state index contributed by atoms with van der Waals surface area (Å²) in [4.78, 5) is 0. The molecule has 7 fully saturated rings. The first-order chi connectivity index (χ1) is 19.3. The van der Waals surface area contributed by atoms with Crippen molar-refractivity contribution in [2.24, 2.45) is 46.3 Å². The van der Waals surface area contributed by atoms with E-state index >= 15 is 0 Å². The first-order valence-corrected chi connectivity index (χ1v) is 16.4. The van der Waals surface area contributed by atoms with Gasteiger partial charge in [0.05, 0.1) is 37.1 Å². The first kappa shape index (κ1) is 29.4. The Labute approximate surface area is 243 Å². The highest BCUT2D eigenvalue weighted by atomic mass is 16.7. The molecule has 0 aromatic rings. The third-order valence-corrected chi connectivity index (χ3v) is 13.9. The van der Waals surface area contributed by atoms with Crippen LogP contribution in [0.25, 0.3) is 0 Å². The molecule has 9 heteroatoms. The molecule has 0 bridgehead atoms. The molecule has 0 radical (unpaired) electrons. The Morgan fingerprint density at radius 1 is 0.854 bits per heavy atom. The average molecular weight is 581 g/mol. The lowest BCUT2D eigenvalue weighted by molar-refractivity contribution is -0.312. The molecule has 41 heavy (non-hydrogen) atoms. The molecular formula is C32H52O9. The lowest BCUT2D eigenvalue weighted by atomic mass is 9.42. The maximum atomic E-state index is 12.2. The van der Waals surface area contributed by atoms with Crippen LogP contribution >= 0.6 is 0 Å². The maximum Gasteiger partial charge on any atom is 0.186 e.